The molecule has 7 nitrogen and oxygen atoms in total. The van der Waals surface area contributed by atoms with Crippen LogP contribution in [-0.2, 0) is 14.8 Å². The molecule has 26 heavy (non-hydrogen) atoms. The van der Waals surface area contributed by atoms with E-state index in [1.165, 1.54) is 34.8 Å². The van der Waals surface area contributed by atoms with Crippen LogP contribution in [0.5, 0.6) is 0 Å². The first-order valence-corrected chi connectivity index (χ1v) is 10.6. The lowest BCUT2D eigenvalue weighted by Crippen LogP contribution is -2.44. The number of halogens is 2. The largest absolute Gasteiger partial charge is 0.449 e. The highest BCUT2D eigenvalue weighted by atomic mass is 127. The molecule has 3 rings (SSSR count). The van der Waals surface area contributed by atoms with E-state index in [1.807, 2.05) is 22.6 Å². The van der Waals surface area contributed by atoms with E-state index in [0.717, 1.165) is 0 Å². The predicted octanol–water partition coefficient (Wildman–Crippen LogP) is 2.84. The molecule has 1 aliphatic rings. The van der Waals surface area contributed by atoms with Crippen molar-refractivity contribution in [2.24, 2.45) is 5.10 Å². The lowest BCUT2D eigenvalue weighted by molar-refractivity contribution is -0.124. The molecule has 1 aromatic heterocycles. The van der Waals surface area contributed by atoms with Crippen LogP contribution >= 0.6 is 34.2 Å². The Hall–Kier alpha value is -1.43. The van der Waals surface area contributed by atoms with Crippen LogP contribution in [0.15, 0.2) is 50.8 Å². The van der Waals surface area contributed by atoms with E-state index in [0.29, 0.717) is 27.4 Å². The molecule has 1 atom stereocenters. The third-order valence-electron chi connectivity index (χ3n) is 3.89. The summed E-state index contributed by atoms with van der Waals surface area (Å²) in [5.74, 6) is 0.0179. The Kier molecular flexibility index (Phi) is 6.00. The molecule has 1 fully saturated rings. The van der Waals surface area contributed by atoms with E-state index in [2.05, 4.69) is 10.5 Å². The SMILES string of the molecule is O=C(N/N=C\c1ccc(I)o1)[C@H]1CCCN1S(=O)(=O)c1ccc(Cl)cc1. The summed E-state index contributed by atoms with van der Waals surface area (Å²) in [6, 6.07) is 8.56. The van der Waals surface area contributed by atoms with Gasteiger partial charge in [0.2, 0.25) is 10.0 Å². The summed E-state index contributed by atoms with van der Waals surface area (Å²) < 4.78 is 32.8. The van der Waals surface area contributed by atoms with E-state index in [-0.39, 0.29) is 11.4 Å². The second-order valence-electron chi connectivity index (χ2n) is 5.60. The van der Waals surface area contributed by atoms with Crippen molar-refractivity contribution >= 4 is 56.3 Å². The van der Waals surface area contributed by atoms with Gasteiger partial charge in [-0.05, 0) is 71.8 Å². The zero-order valence-electron chi connectivity index (χ0n) is 13.4. The Balaban J connectivity index is 1.71. The van der Waals surface area contributed by atoms with Crippen molar-refractivity contribution in [2.45, 2.75) is 23.8 Å². The second kappa shape index (κ2) is 8.07. The lowest BCUT2D eigenvalue weighted by Gasteiger charge is -2.22. The molecular weight excluding hydrogens is 493 g/mol. The molecule has 1 amide bonds. The fraction of sp³-hybridized carbons (Fsp3) is 0.250. The van der Waals surface area contributed by atoms with Gasteiger partial charge in [0.05, 0.1) is 11.1 Å². The van der Waals surface area contributed by atoms with Crippen molar-refractivity contribution in [3.8, 4) is 0 Å². The number of nitrogens with zero attached hydrogens (tertiary/aromatic N) is 2. The highest BCUT2D eigenvalue weighted by Crippen LogP contribution is 2.27. The van der Waals surface area contributed by atoms with Gasteiger partial charge in [0, 0.05) is 11.6 Å². The van der Waals surface area contributed by atoms with Gasteiger partial charge in [-0.1, -0.05) is 11.6 Å². The van der Waals surface area contributed by atoms with Gasteiger partial charge in [0.25, 0.3) is 5.91 Å². The Morgan fingerprint density at radius 3 is 2.69 bits per heavy atom. The third kappa shape index (κ3) is 4.27. The Bertz CT molecular complexity index is 927. The summed E-state index contributed by atoms with van der Waals surface area (Å²) in [7, 11) is -3.78. The van der Waals surface area contributed by atoms with Crippen LogP contribution in [0.3, 0.4) is 0 Å². The Labute approximate surface area is 169 Å². The van der Waals surface area contributed by atoms with Gasteiger partial charge in [-0.15, -0.1) is 0 Å². The van der Waals surface area contributed by atoms with Crippen molar-refractivity contribution in [3.05, 3.63) is 50.9 Å². The van der Waals surface area contributed by atoms with Crippen molar-refractivity contribution in [1.29, 1.82) is 0 Å². The Morgan fingerprint density at radius 2 is 2.04 bits per heavy atom. The molecular formula is C16H15ClIN3O4S. The molecule has 1 saturated heterocycles. The molecule has 0 spiro atoms. The maximum absolute atomic E-state index is 12.8. The normalized spacial score (nSPS) is 18.5. The second-order valence-corrected chi connectivity index (χ2v) is 8.99. The smallest absolute Gasteiger partial charge is 0.258 e. The van der Waals surface area contributed by atoms with Gasteiger partial charge < -0.3 is 4.42 Å². The molecule has 1 aromatic carbocycles. The number of hydrogen-bond acceptors (Lipinski definition) is 5. The molecule has 1 aliphatic heterocycles. The Morgan fingerprint density at radius 1 is 1.31 bits per heavy atom. The van der Waals surface area contributed by atoms with Crippen molar-refractivity contribution in [2.75, 3.05) is 6.54 Å². The molecule has 138 valence electrons. The van der Waals surface area contributed by atoms with Gasteiger partial charge in [-0.2, -0.15) is 9.41 Å². The maximum atomic E-state index is 12.8. The number of rotatable bonds is 5. The molecule has 0 unspecified atom stereocenters. The summed E-state index contributed by atoms with van der Waals surface area (Å²) in [5, 5.41) is 4.29. The summed E-state index contributed by atoms with van der Waals surface area (Å²) >= 11 is 7.83. The zero-order chi connectivity index (χ0) is 18.7. The van der Waals surface area contributed by atoms with Crippen molar-refractivity contribution in [3.63, 3.8) is 0 Å². The monoisotopic (exact) mass is 507 g/mol. The van der Waals surface area contributed by atoms with Gasteiger partial charge in [0.15, 0.2) is 3.77 Å². The van der Waals surface area contributed by atoms with E-state index in [9.17, 15) is 13.2 Å². The molecule has 0 radical (unpaired) electrons. The molecule has 0 saturated carbocycles. The number of amides is 1. The fourth-order valence-electron chi connectivity index (χ4n) is 2.66. The van der Waals surface area contributed by atoms with Crippen LogP contribution in [0.2, 0.25) is 5.02 Å². The average Bonchev–Trinajstić information content (AvgIpc) is 3.24. The van der Waals surface area contributed by atoms with Crippen molar-refractivity contribution < 1.29 is 17.6 Å². The van der Waals surface area contributed by atoms with Crippen LogP contribution < -0.4 is 5.43 Å². The average molecular weight is 508 g/mol. The number of carbonyl (C=O) groups is 1. The minimum atomic E-state index is -3.78. The standard InChI is InChI=1S/C16H15ClIN3O4S/c17-11-3-6-13(7-4-11)26(23,24)21-9-1-2-14(21)16(22)20-19-10-12-5-8-15(18)25-12/h3-8,10,14H,1-2,9H2,(H,20,22)/b19-10-/t14-/m1/s1. The van der Waals surface area contributed by atoms with Crippen LogP contribution in [0, 0.1) is 3.77 Å². The first-order valence-electron chi connectivity index (χ1n) is 7.73. The minimum absolute atomic E-state index is 0.107. The maximum Gasteiger partial charge on any atom is 0.258 e. The van der Waals surface area contributed by atoms with Crippen LogP contribution in [-0.4, -0.2) is 37.4 Å². The zero-order valence-corrected chi connectivity index (χ0v) is 17.2. The van der Waals surface area contributed by atoms with Crippen molar-refractivity contribution in [1.82, 2.24) is 9.73 Å². The summed E-state index contributed by atoms with van der Waals surface area (Å²) in [6.45, 7) is 0.281. The molecule has 0 aliphatic carbocycles. The van der Waals surface area contributed by atoms with Gasteiger partial charge in [-0.25, -0.2) is 13.8 Å². The quantitative estimate of drug-likeness (QED) is 0.383. The van der Waals surface area contributed by atoms with Crippen LogP contribution in [0.25, 0.3) is 0 Å². The minimum Gasteiger partial charge on any atom is -0.449 e. The first-order chi connectivity index (χ1) is 12.4. The topological polar surface area (TPSA) is 92.0 Å². The highest BCUT2D eigenvalue weighted by molar-refractivity contribution is 14.1. The van der Waals surface area contributed by atoms with Gasteiger partial charge in [0.1, 0.15) is 11.8 Å². The summed E-state index contributed by atoms with van der Waals surface area (Å²) in [6.07, 6.45) is 2.41. The molecule has 2 aromatic rings. The van der Waals surface area contributed by atoms with E-state index < -0.39 is 22.0 Å². The van der Waals surface area contributed by atoms with Crippen LogP contribution in [0.1, 0.15) is 18.6 Å². The van der Waals surface area contributed by atoms with Gasteiger partial charge >= 0.3 is 0 Å². The summed E-state index contributed by atoms with van der Waals surface area (Å²) in [5.41, 5.74) is 2.39. The van der Waals surface area contributed by atoms with E-state index in [1.54, 1.807) is 12.1 Å². The third-order valence-corrected chi connectivity index (χ3v) is 6.64. The first kappa shape index (κ1) is 19.3. The van der Waals surface area contributed by atoms with Crippen LogP contribution in [0.4, 0.5) is 0 Å². The molecule has 10 heteroatoms. The highest BCUT2D eigenvalue weighted by Gasteiger charge is 2.39. The lowest BCUT2D eigenvalue weighted by atomic mass is 10.2. The number of nitrogens with one attached hydrogen (secondary N) is 1. The number of sulfonamides is 1. The number of hydrogen-bond donors (Lipinski definition) is 1. The fourth-order valence-corrected chi connectivity index (χ4v) is 4.88. The molecule has 2 heterocycles. The molecule has 0 bridgehead atoms. The number of benzene rings is 1. The van der Waals surface area contributed by atoms with E-state index in [4.69, 9.17) is 16.0 Å². The number of carbonyl (C=O) groups excluding carboxylic acids is 1. The number of furan rings is 1. The summed E-state index contributed by atoms with van der Waals surface area (Å²) in [4.78, 5) is 12.5. The molecule has 1 N–H and O–H groups in total. The van der Waals surface area contributed by atoms with Gasteiger partial charge in [-0.3, -0.25) is 4.79 Å². The van der Waals surface area contributed by atoms with E-state index >= 15 is 0 Å². The number of hydrazone groups is 1. The predicted molar refractivity (Wildman–Crippen MR) is 106 cm³/mol.